The lowest BCUT2D eigenvalue weighted by Crippen LogP contribution is -2.11. The van der Waals surface area contributed by atoms with Gasteiger partial charge in [0.15, 0.2) is 0 Å². The number of carbonyl (C=O) groups excluding carboxylic acids is 1. The molecule has 0 N–H and O–H groups in total. The van der Waals surface area contributed by atoms with E-state index < -0.39 is 5.97 Å². The molecule has 0 saturated carbocycles. The molecule has 25 heavy (non-hydrogen) atoms. The van der Waals surface area contributed by atoms with Crippen LogP contribution in [0, 0.1) is 0 Å². The fraction of sp³-hybridized carbons (Fsp3) is 0. The zero-order valence-electron chi connectivity index (χ0n) is 13.4. The maximum absolute atomic E-state index is 12.8. The van der Waals surface area contributed by atoms with Gasteiger partial charge < -0.3 is 4.74 Å². The molecule has 1 aromatic heterocycles. The second-order valence-electron chi connectivity index (χ2n) is 5.63. The summed E-state index contributed by atoms with van der Waals surface area (Å²) in [5, 5.41) is 0.927. The molecule has 4 aromatic rings. The van der Waals surface area contributed by atoms with Gasteiger partial charge >= 0.3 is 5.97 Å². The summed E-state index contributed by atoms with van der Waals surface area (Å²) in [5.41, 5.74) is 3.10. The molecule has 0 bridgehead atoms. The molecule has 0 aliphatic carbocycles. The van der Waals surface area contributed by atoms with Gasteiger partial charge in [0.05, 0.1) is 11.1 Å². The summed E-state index contributed by atoms with van der Waals surface area (Å²) >= 11 is 0. The number of fused-ring (bicyclic) bond motifs is 1. The van der Waals surface area contributed by atoms with E-state index in [0.29, 0.717) is 11.3 Å². The summed E-state index contributed by atoms with van der Waals surface area (Å²) in [7, 11) is 0. The van der Waals surface area contributed by atoms with Crippen molar-refractivity contribution >= 4 is 16.9 Å². The summed E-state index contributed by atoms with van der Waals surface area (Å²) in [6, 6.07) is 26.7. The lowest BCUT2D eigenvalue weighted by atomic mass is 9.96. The molecule has 0 aliphatic heterocycles. The van der Waals surface area contributed by atoms with Crippen LogP contribution in [0.4, 0.5) is 0 Å². The van der Waals surface area contributed by atoms with Gasteiger partial charge in [-0.2, -0.15) is 0 Å². The second-order valence-corrected chi connectivity index (χ2v) is 5.63. The Bertz CT molecular complexity index is 1030. The van der Waals surface area contributed by atoms with Crippen LogP contribution in [0.2, 0.25) is 0 Å². The predicted octanol–water partition coefficient (Wildman–Crippen LogP) is 5.12. The first kappa shape index (κ1) is 15.1. The number of para-hydroxylation sites is 2. The molecule has 3 heteroatoms. The van der Waals surface area contributed by atoms with E-state index in [1.54, 1.807) is 18.3 Å². The van der Waals surface area contributed by atoms with Crippen molar-refractivity contribution in [1.82, 2.24) is 4.98 Å². The minimum atomic E-state index is -0.414. The Morgan fingerprint density at radius 3 is 2.16 bits per heavy atom. The fourth-order valence-electron chi connectivity index (χ4n) is 2.86. The molecule has 3 aromatic carbocycles. The van der Waals surface area contributed by atoms with Gasteiger partial charge in [0.25, 0.3) is 0 Å². The predicted molar refractivity (Wildman–Crippen MR) is 98.6 cm³/mol. The number of esters is 1. The molecule has 0 amide bonds. The third-order valence-corrected chi connectivity index (χ3v) is 4.01. The van der Waals surface area contributed by atoms with Crippen LogP contribution in [0.15, 0.2) is 91.1 Å². The Morgan fingerprint density at radius 1 is 0.760 bits per heavy atom. The number of ether oxygens (including phenoxy) is 1. The van der Waals surface area contributed by atoms with Crippen LogP contribution in [0.5, 0.6) is 5.75 Å². The molecule has 0 atom stereocenters. The molecular formula is C22H15NO2. The number of rotatable bonds is 3. The Labute approximate surface area is 145 Å². The van der Waals surface area contributed by atoms with Crippen molar-refractivity contribution in [2.24, 2.45) is 0 Å². The number of nitrogens with zero attached hydrogens (tertiary/aromatic N) is 1. The number of aromatic nitrogens is 1. The van der Waals surface area contributed by atoms with Crippen LogP contribution in [0.1, 0.15) is 10.4 Å². The zero-order chi connectivity index (χ0) is 17.1. The Kier molecular flexibility index (Phi) is 3.97. The van der Waals surface area contributed by atoms with E-state index >= 15 is 0 Å². The van der Waals surface area contributed by atoms with Crippen molar-refractivity contribution in [2.45, 2.75) is 0 Å². The van der Waals surface area contributed by atoms with Gasteiger partial charge in [-0.3, -0.25) is 4.98 Å². The van der Waals surface area contributed by atoms with E-state index in [9.17, 15) is 4.79 Å². The number of hydrogen-bond acceptors (Lipinski definition) is 3. The molecule has 120 valence electrons. The molecule has 4 rings (SSSR count). The molecule has 0 spiro atoms. The summed E-state index contributed by atoms with van der Waals surface area (Å²) in [4.78, 5) is 17.2. The maximum atomic E-state index is 12.8. The van der Waals surface area contributed by atoms with E-state index in [-0.39, 0.29) is 0 Å². The summed E-state index contributed by atoms with van der Waals surface area (Å²) in [5.74, 6) is 0.1000. The highest BCUT2D eigenvalue weighted by atomic mass is 16.5. The highest BCUT2D eigenvalue weighted by Gasteiger charge is 2.18. The third kappa shape index (κ3) is 3.00. The van der Waals surface area contributed by atoms with E-state index in [1.165, 1.54) is 0 Å². The summed E-state index contributed by atoms with van der Waals surface area (Å²) in [6.45, 7) is 0. The van der Waals surface area contributed by atoms with Crippen molar-refractivity contribution in [1.29, 1.82) is 0 Å². The number of pyridine rings is 1. The van der Waals surface area contributed by atoms with Gasteiger partial charge in [-0.1, -0.05) is 66.7 Å². The first-order valence-corrected chi connectivity index (χ1v) is 8.03. The third-order valence-electron chi connectivity index (χ3n) is 4.01. The topological polar surface area (TPSA) is 39.2 Å². The van der Waals surface area contributed by atoms with Crippen LogP contribution in [0.25, 0.3) is 22.0 Å². The smallest absolute Gasteiger partial charge is 0.345 e. The first-order valence-electron chi connectivity index (χ1n) is 8.03. The Hall–Kier alpha value is -3.46. The van der Waals surface area contributed by atoms with Crippen LogP contribution >= 0.6 is 0 Å². The SMILES string of the molecule is O=C(Oc1ccccc1)c1cnc2ccccc2c1-c1ccccc1. The van der Waals surface area contributed by atoms with E-state index in [1.807, 2.05) is 72.8 Å². The molecule has 0 radical (unpaired) electrons. The van der Waals surface area contributed by atoms with Gasteiger partial charge in [0.1, 0.15) is 5.75 Å². The highest BCUT2D eigenvalue weighted by Crippen LogP contribution is 2.31. The lowest BCUT2D eigenvalue weighted by Gasteiger charge is -2.12. The molecule has 1 heterocycles. The van der Waals surface area contributed by atoms with Crippen molar-refractivity contribution in [3.8, 4) is 16.9 Å². The zero-order valence-corrected chi connectivity index (χ0v) is 13.4. The molecule has 3 nitrogen and oxygen atoms in total. The average molecular weight is 325 g/mol. The molecule has 0 unspecified atom stereocenters. The lowest BCUT2D eigenvalue weighted by molar-refractivity contribution is 0.0735. The van der Waals surface area contributed by atoms with Crippen LogP contribution in [-0.2, 0) is 0 Å². The Balaban J connectivity index is 1.87. The van der Waals surface area contributed by atoms with E-state index in [2.05, 4.69) is 4.98 Å². The number of benzene rings is 3. The van der Waals surface area contributed by atoms with Crippen molar-refractivity contribution in [3.05, 3.63) is 96.7 Å². The van der Waals surface area contributed by atoms with Crippen molar-refractivity contribution in [2.75, 3.05) is 0 Å². The van der Waals surface area contributed by atoms with E-state index in [0.717, 1.165) is 22.0 Å². The van der Waals surface area contributed by atoms with Crippen molar-refractivity contribution < 1.29 is 9.53 Å². The molecule has 0 fully saturated rings. The molecular weight excluding hydrogens is 310 g/mol. The van der Waals surface area contributed by atoms with Crippen LogP contribution in [0.3, 0.4) is 0 Å². The van der Waals surface area contributed by atoms with Gasteiger partial charge in [-0.05, 0) is 23.8 Å². The first-order chi connectivity index (χ1) is 12.3. The quantitative estimate of drug-likeness (QED) is 0.387. The minimum absolute atomic E-state index is 0.414. The minimum Gasteiger partial charge on any atom is -0.423 e. The molecule has 0 aliphatic rings. The number of carbonyl (C=O) groups is 1. The van der Waals surface area contributed by atoms with Crippen LogP contribution < -0.4 is 4.74 Å². The number of hydrogen-bond donors (Lipinski definition) is 0. The molecule has 0 saturated heterocycles. The van der Waals surface area contributed by atoms with Gasteiger partial charge in [0, 0.05) is 17.1 Å². The van der Waals surface area contributed by atoms with Crippen LogP contribution in [-0.4, -0.2) is 11.0 Å². The van der Waals surface area contributed by atoms with Gasteiger partial charge in [-0.15, -0.1) is 0 Å². The van der Waals surface area contributed by atoms with Gasteiger partial charge in [-0.25, -0.2) is 4.79 Å². The normalized spacial score (nSPS) is 10.6. The summed E-state index contributed by atoms with van der Waals surface area (Å²) in [6.07, 6.45) is 1.59. The Morgan fingerprint density at radius 2 is 1.40 bits per heavy atom. The fourth-order valence-corrected chi connectivity index (χ4v) is 2.86. The second kappa shape index (κ2) is 6.57. The monoisotopic (exact) mass is 325 g/mol. The standard InChI is InChI=1S/C22H15NO2/c24-22(25-17-11-5-2-6-12-17)19-15-23-20-14-8-7-13-18(20)21(19)16-9-3-1-4-10-16/h1-15H. The maximum Gasteiger partial charge on any atom is 0.345 e. The van der Waals surface area contributed by atoms with E-state index in [4.69, 9.17) is 4.74 Å². The summed E-state index contributed by atoms with van der Waals surface area (Å²) < 4.78 is 5.53. The van der Waals surface area contributed by atoms with Gasteiger partial charge in [0.2, 0.25) is 0 Å². The highest BCUT2D eigenvalue weighted by molar-refractivity contribution is 6.07. The average Bonchev–Trinajstić information content (AvgIpc) is 2.68. The van der Waals surface area contributed by atoms with Crippen molar-refractivity contribution in [3.63, 3.8) is 0 Å². The largest absolute Gasteiger partial charge is 0.423 e.